The maximum Gasteiger partial charge on any atom is 0.393 e. The summed E-state index contributed by atoms with van der Waals surface area (Å²) in [4.78, 5) is 0. The molecular formula is C30H35F4N3. The first-order valence-corrected chi connectivity index (χ1v) is 13.8. The lowest BCUT2D eigenvalue weighted by atomic mass is 9.55. The smallest absolute Gasteiger partial charge is 0.312 e. The van der Waals surface area contributed by atoms with Crippen molar-refractivity contribution in [2.45, 2.75) is 76.9 Å². The van der Waals surface area contributed by atoms with E-state index in [-0.39, 0.29) is 23.6 Å². The summed E-state index contributed by atoms with van der Waals surface area (Å²) in [5.41, 5.74) is 5.02. The molecule has 198 valence electrons. The summed E-state index contributed by atoms with van der Waals surface area (Å²) >= 11 is 0. The van der Waals surface area contributed by atoms with Crippen LogP contribution in [0.3, 0.4) is 0 Å². The van der Waals surface area contributed by atoms with Crippen LogP contribution in [0.2, 0.25) is 0 Å². The topological polar surface area (TPSA) is 29.9 Å². The van der Waals surface area contributed by atoms with Gasteiger partial charge in [0.1, 0.15) is 5.82 Å². The van der Waals surface area contributed by atoms with E-state index >= 15 is 0 Å². The van der Waals surface area contributed by atoms with Crippen molar-refractivity contribution >= 4 is 6.08 Å². The van der Waals surface area contributed by atoms with Gasteiger partial charge in [-0.1, -0.05) is 43.4 Å². The van der Waals surface area contributed by atoms with E-state index in [1.165, 1.54) is 42.5 Å². The third-order valence-corrected chi connectivity index (χ3v) is 9.53. The van der Waals surface area contributed by atoms with Gasteiger partial charge in [-0.05, 0) is 92.8 Å². The predicted octanol–water partition coefficient (Wildman–Crippen LogP) is 7.41. The number of allylic oxidation sites excluding steroid dienone is 2. The van der Waals surface area contributed by atoms with Gasteiger partial charge in [0.15, 0.2) is 0 Å². The van der Waals surface area contributed by atoms with E-state index in [9.17, 15) is 17.6 Å². The van der Waals surface area contributed by atoms with E-state index in [0.29, 0.717) is 12.5 Å². The summed E-state index contributed by atoms with van der Waals surface area (Å²) in [5.74, 6) is -1.25. The zero-order chi connectivity index (χ0) is 25.8. The molecule has 2 fully saturated rings. The maximum atomic E-state index is 14.2. The van der Waals surface area contributed by atoms with Crippen LogP contribution in [0.15, 0.2) is 47.7 Å². The van der Waals surface area contributed by atoms with Crippen LogP contribution < -0.4 is 5.32 Å². The van der Waals surface area contributed by atoms with Gasteiger partial charge < -0.3 is 5.32 Å². The van der Waals surface area contributed by atoms with Crippen molar-refractivity contribution in [2.24, 2.45) is 23.2 Å². The SMILES string of the molecule is CC12Cc3cnn(-c4ccc(F)cc4)c3C=C1CC[C@H]1C2=CC[C@@H](C(F)(F)F)[C@@H]1NCC1CCCCC1. The number of hydrogen-bond acceptors (Lipinski definition) is 2. The van der Waals surface area contributed by atoms with Crippen LogP contribution in [0.4, 0.5) is 17.6 Å². The highest BCUT2D eigenvalue weighted by atomic mass is 19.4. The normalized spacial score (nSPS) is 30.1. The van der Waals surface area contributed by atoms with Crippen molar-refractivity contribution in [3.63, 3.8) is 0 Å². The molecule has 2 saturated carbocycles. The van der Waals surface area contributed by atoms with Gasteiger partial charge in [0, 0.05) is 11.5 Å². The number of nitrogens with one attached hydrogen (secondary N) is 1. The van der Waals surface area contributed by atoms with Crippen LogP contribution in [-0.2, 0) is 6.42 Å². The van der Waals surface area contributed by atoms with Gasteiger partial charge in [0.25, 0.3) is 0 Å². The minimum Gasteiger partial charge on any atom is -0.312 e. The summed E-state index contributed by atoms with van der Waals surface area (Å²) in [5, 5.41) is 8.08. The quantitative estimate of drug-likeness (QED) is 0.341. The summed E-state index contributed by atoms with van der Waals surface area (Å²) in [6, 6.07) is 5.73. The van der Waals surface area contributed by atoms with Gasteiger partial charge in [0.2, 0.25) is 0 Å². The average molecular weight is 514 g/mol. The van der Waals surface area contributed by atoms with Crippen molar-refractivity contribution in [2.75, 3.05) is 6.54 Å². The van der Waals surface area contributed by atoms with Crippen molar-refractivity contribution in [3.8, 4) is 5.69 Å². The highest BCUT2D eigenvalue weighted by Crippen LogP contribution is 2.57. The van der Waals surface area contributed by atoms with Gasteiger partial charge in [-0.15, -0.1) is 0 Å². The first-order chi connectivity index (χ1) is 17.7. The minimum absolute atomic E-state index is 0.0439. The van der Waals surface area contributed by atoms with E-state index in [0.717, 1.165) is 49.0 Å². The van der Waals surface area contributed by atoms with Gasteiger partial charge in [0.05, 0.1) is 23.5 Å². The number of fused-ring (bicyclic) bond motifs is 4. The van der Waals surface area contributed by atoms with Crippen LogP contribution in [0.1, 0.15) is 69.5 Å². The first kappa shape index (κ1) is 24.9. The molecule has 37 heavy (non-hydrogen) atoms. The Labute approximate surface area is 216 Å². The molecule has 2 aromatic rings. The van der Waals surface area contributed by atoms with Gasteiger partial charge in [-0.2, -0.15) is 18.3 Å². The fourth-order valence-electron chi connectivity index (χ4n) is 7.55. The number of benzene rings is 1. The summed E-state index contributed by atoms with van der Waals surface area (Å²) in [7, 11) is 0. The molecule has 0 amide bonds. The van der Waals surface area contributed by atoms with E-state index in [1.54, 1.807) is 12.1 Å². The van der Waals surface area contributed by atoms with E-state index in [4.69, 9.17) is 0 Å². The first-order valence-electron chi connectivity index (χ1n) is 13.8. The molecule has 3 nitrogen and oxygen atoms in total. The van der Waals surface area contributed by atoms with Crippen LogP contribution in [-0.4, -0.2) is 28.5 Å². The van der Waals surface area contributed by atoms with Crippen molar-refractivity contribution in [3.05, 3.63) is 64.8 Å². The molecule has 0 spiro atoms. The molecule has 4 aliphatic carbocycles. The second kappa shape index (κ2) is 9.40. The van der Waals surface area contributed by atoms with Gasteiger partial charge in [-0.3, -0.25) is 0 Å². The second-order valence-corrected chi connectivity index (χ2v) is 11.7. The van der Waals surface area contributed by atoms with Gasteiger partial charge in [-0.25, -0.2) is 9.07 Å². The lowest BCUT2D eigenvalue weighted by molar-refractivity contribution is -0.187. The highest BCUT2D eigenvalue weighted by molar-refractivity contribution is 5.63. The molecule has 4 atom stereocenters. The third-order valence-electron chi connectivity index (χ3n) is 9.53. The maximum absolute atomic E-state index is 14.2. The van der Waals surface area contributed by atoms with Crippen molar-refractivity contribution in [1.29, 1.82) is 0 Å². The van der Waals surface area contributed by atoms with Crippen LogP contribution in [0, 0.1) is 29.0 Å². The number of halogens is 4. The molecule has 7 heteroatoms. The molecule has 1 heterocycles. The third kappa shape index (κ3) is 4.47. The molecular weight excluding hydrogens is 478 g/mol. The molecule has 1 N–H and O–H groups in total. The van der Waals surface area contributed by atoms with Crippen LogP contribution in [0.5, 0.6) is 0 Å². The molecule has 0 radical (unpaired) electrons. The van der Waals surface area contributed by atoms with Crippen LogP contribution >= 0.6 is 0 Å². The van der Waals surface area contributed by atoms with Crippen molar-refractivity contribution in [1.82, 2.24) is 15.1 Å². The molecule has 1 aromatic carbocycles. The Morgan fingerprint density at radius 1 is 1.08 bits per heavy atom. The monoisotopic (exact) mass is 513 g/mol. The highest BCUT2D eigenvalue weighted by Gasteiger charge is 2.54. The molecule has 6 rings (SSSR count). The molecule has 1 unspecified atom stereocenters. The number of alkyl halides is 3. The zero-order valence-electron chi connectivity index (χ0n) is 21.3. The Bertz CT molecular complexity index is 1200. The lowest BCUT2D eigenvalue weighted by Gasteiger charge is -2.51. The Balaban J connectivity index is 1.30. The Morgan fingerprint density at radius 3 is 2.57 bits per heavy atom. The second-order valence-electron chi connectivity index (χ2n) is 11.7. The number of nitrogens with zero attached hydrogens (tertiary/aromatic N) is 2. The standard InChI is InChI=1S/C30H35F4N3/c1-29-16-20-18-36-37(23-10-8-22(31)9-11-23)27(20)15-21(29)7-12-24-25(29)13-14-26(30(32,33)34)28(24)35-17-19-5-3-2-4-6-19/h8-11,13,15,18-19,24,26,28,35H,2-7,12,14,16-17H2,1H3/t24-,26+,28+,29?/m0/s1. The predicted molar refractivity (Wildman–Crippen MR) is 137 cm³/mol. The largest absolute Gasteiger partial charge is 0.393 e. The summed E-state index contributed by atoms with van der Waals surface area (Å²) in [6.07, 6.45) is 9.89. The minimum atomic E-state index is -4.21. The Morgan fingerprint density at radius 2 is 1.84 bits per heavy atom. The molecule has 0 bridgehead atoms. The Kier molecular flexibility index (Phi) is 6.33. The summed E-state index contributed by atoms with van der Waals surface area (Å²) in [6.45, 7) is 2.90. The van der Waals surface area contributed by atoms with E-state index in [2.05, 4.69) is 23.4 Å². The number of rotatable bonds is 4. The fraction of sp³-hybridized carbons (Fsp3) is 0.567. The molecule has 1 aromatic heterocycles. The molecule has 0 saturated heterocycles. The molecule has 4 aliphatic rings. The average Bonchev–Trinajstić information content (AvgIpc) is 3.28. The van der Waals surface area contributed by atoms with E-state index in [1.807, 2.05) is 17.0 Å². The number of aromatic nitrogens is 2. The van der Waals surface area contributed by atoms with E-state index < -0.39 is 18.1 Å². The fourth-order valence-corrected chi connectivity index (χ4v) is 7.55. The molecule has 0 aliphatic heterocycles. The van der Waals surface area contributed by atoms with Crippen LogP contribution in [0.25, 0.3) is 11.8 Å². The zero-order valence-corrected chi connectivity index (χ0v) is 21.3. The lowest BCUT2D eigenvalue weighted by Crippen LogP contribution is -2.54. The van der Waals surface area contributed by atoms with Gasteiger partial charge >= 0.3 is 6.18 Å². The number of hydrogen-bond donors (Lipinski definition) is 1. The summed E-state index contributed by atoms with van der Waals surface area (Å²) < 4.78 is 58.0. The Hall–Kier alpha value is -2.41. The van der Waals surface area contributed by atoms with Crippen molar-refractivity contribution < 1.29 is 17.6 Å².